The van der Waals surface area contributed by atoms with Crippen molar-refractivity contribution in [1.29, 1.82) is 0 Å². The number of ether oxygens (including phenoxy) is 2. The molecule has 3 rings (SSSR count). The van der Waals surface area contributed by atoms with Crippen molar-refractivity contribution in [2.75, 3.05) is 19.0 Å². The van der Waals surface area contributed by atoms with Crippen LogP contribution in [0.3, 0.4) is 0 Å². The third-order valence-corrected chi connectivity index (χ3v) is 5.38. The van der Waals surface area contributed by atoms with Crippen LogP contribution in [0.1, 0.15) is 33.2 Å². The third kappa shape index (κ3) is 5.64. The molecule has 0 radical (unpaired) electrons. The maximum Gasteiger partial charge on any atom is 0.337 e. The Bertz CT molecular complexity index is 1000. The van der Waals surface area contributed by atoms with Gasteiger partial charge in [0.15, 0.2) is 0 Å². The summed E-state index contributed by atoms with van der Waals surface area (Å²) in [6.45, 7) is 2.49. The van der Waals surface area contributed by atoms with Crippen molar-refractivity contribution in [1.82, 2.24) is 0 Å². The van der Waals surface area contributed by atoms with Crippen molar-refractivity contribution >= 4 is 29.3 Å². The predicted molar refractivity (Wildman–Crippen MR) is 119 cm³/mol. The molecule has 0 heterocycles. The first-order chi connectivity index (χ1) is 14.6. The van der Waals surface area contributed by atoms with Gasteiger partial charge in [-0.3, -0.25) is 4.79 Å². The van der Waals surface area contributed by atoms with Gasteiger partial charge in [0.05, 0.1) is 19.3 Å². The van der Waals surface area contributed by atoms with Crippen LogP contribution < -0.4 is 10.1 Å². The van der Waals surface area contributed by atoms with Crippen molar-refractivity contribution in [3.63, 3.8) is 0 Å². The number of nitrogens with one attached hydrogen (secondary N) is 1. The van der Waals surface area contributed by atoms with E-state index in [0.717, 1.165) is 16.2 Å². The summed E-state index contributed by atoms with van der Waals surface area (Å²) in [6.07, 6.45) is 0. The van der Waals surface area contributed by atoms with E-state index in [-0.39, 0.29) is 5.91 Å². The molecule has 5 nitrogen and oxygen atoms in total. The first kappa shape index (κ1) is 21.5. The first-order valence-electron chi connectivity index (χ1n) is 9.54. The average Bonchev–Trinajstić information content (AvgIpc) is 2.79. The number of benzene rings is 3. The molecule has 0 aliphatic carbocycles. The van der Waals surface area contributed by atoms with Crippen LogP contribution in [0.4, 0.5) is 5.69 Å². The molecule has 0 unspecified atom stereocenters. The maximum atomic E-state index is 12.7. The summed E-state index contributed by atoms with van der Waals surface area (Å²) in [5.41, 5.74) is 2.53. The van der Waals surface area contributed by atoms with Crippen LogP contribution in [0.25, 0.3) is 0 Å². The Balaban J connectivity index is 1.74. The Hall–Kier alpha value is -3.25. The molecule has 0 aliphatic rings. The fourth-order valence-corrected chi connectivity index (χ4v) is 3.72. The number of carbonyl (C=O) groups is 2. The molecule has 1 amide bonds. The first-order valence-corrected chi connectivity index (χ1v) is 10.5. The Morgan fingerprint density at radius 2 is 1.63 bits per heavy atom. The Morgan fingerprint density at radius 1 is 0.933 bits per heavy atom. The SMILES string of the molecule is CCOc1ccc(C(=O)Nc2ccc(C(=O)OC)cc2)cc1CSc1ccccc1. The third-order valence-electron chi connectivity index (χ3n) is 4.32. The largest absolute Gasteiger partial charge is 0.494 e. The highest BCUT2D eigenvalue weighted by Crippen LogP contribution is 2.29. The number of carbonyl (C=O) groups excluding carboxylic acids is 2. The van der Waals surface area contributed by atoms with Gasteiger partial charge in [-0.25, -0.2) is 4.79 Å². The van der Waals surface area contributed by atoms with Gasteiger partial charge in [0.2, 0.25) is 0 Å². The van der Waals surface area contributed by atoms with E-state index in [0.29, 0.717) is 29.2 Å². The Labute approximate surface area is 180 Å². The standard InChI is InChI=1S/C24H23NO4S/c1-3-29-22-14-11-18(15-19(22)16-30-21-7-5-4-6-8-21)23(26)25-20-12-9-17(10-13-20)24(27)28-2/h4-15H,3,16H2,1-2H3,(H,25,26). The van der Waals surface area contributed by atoms with E-state index >= 15 is 0 Å². The normalized spacial score (nSPS) is 10.3. The van der Waals surface area contributed by atoms with Crippen molar-refractivity contribution < 1.29 is 19.1 Å². The van der Waals surface area contributed by atoms with E-state index in [9.17, 15) is 9.59 Å². The van der Waals surface area contributed by atoms with Crippen molar-refractivity contribution in [2.45, 2.75) is 17.6 Å². The Kier molecular flexibility index (Phi) is 7.51. The van der Waals surface area contributed by atoms with E-state index in [1.54, 1.807) is 42.1 Å². The topological polar surface area (TPSA) is 64.6 Å². The molecule has 0 atom stereocenters. The lowest BCUT2D eigenvalue weighted by molar-refractivity contribution is 0.0600. The molecule has 1 N–H and O–H groups in total. The number of methoxy groups -OCH3 is 1. The fraction of sp³-hybridized carbons (Fsp3) is 0.167. The molecule has 3 aromatic rings. The molecule has 3 aromatic carbocycles. The fourth-order valence-electron chi connectivity index (χ4n) is 2.82. The quantitative estimate of drug-likeness (QED) is 0.389. The van der Waals surface area contributed by atoms with E-state index < -0.39 is 5.97 Å². The van der Waals surface area contributed by atoms with Gasteiger partial charge in [-0.05, 0) is 61.5 Å². The molecule has 0 bridgehead atoms. The number of rotatable bonds is 8. The summed E-state index contributed by atoms with van der Waals surface area (Å²) in [7, 11) is 1.33. The molecular formula is C24H23NO4S. The molecule has 0 aliphatic heterocycles. The molecule has 0 fully saturated rings. The van der Waals surface area contributed by atoms with Gasteiger partial charge in [-0.2, -0.15) is 0 Å². The van der Waals surface area contributed by atoms with Gasteiger partial charge in [-0.1, -0.05) is 18.2 Å². The van der Waals surface area contributed by atoms with Crippen LogP contribution >= 0.6 is 11.8 Å². The zero-order valence-electron chi connectivity index (χ0n) is 16.9. The van der Waals surface area contributed by atoms with Crippen molar-refractivity contribution in [3.8, 4) is 5.75 Å². The van der Waals surface area contributed by atoms with Gasteiger partial charge in [-0.15, -0.1) is 11.8 Å². The number of amides is 1. The molecule has 30 heavy (non-hydrogen) atoms. The molecule has 0 spiro atoms. The minimum atomic E-state index is -0.417. The van der Waals surface area contributed by atoms with Crippen LogP contribution in [-0.2, 0) is 10.5 Å². The van der Waals surface area contributed by atoms with E-state index in [1.807, 2.05) is 37.3 Å². The number of esters is 1. The zero-order chi connectivity index (χ0) is 21.3. The summed E-state index contributed by atoms with van der Waals surface area (Å²) in [4.78, 5) is 25.4. The molecule has 154 valence electrons. The molecule has 6 heteroatoms. The monoisotopic (exact) mass is 421 g/mol. The number of anilines is 1. The van der Waals surface area contributed by atoms with Gasteiger partial charge < -0.3 is 14.8 Å². The highest BCUT2D eigenvalue weighted by Gasteiger charge is 2.12. The predicted octanol–water partition coefficient (Wildman–Crippen LogP) is 5.42. The second kappa shape index (κ2) is 10.5. The number of thioether (sulfide) groups is 1. The highest BCUT2D eigenvalue weighted by molar-refractivity contribution is 7.98. The van der Waals surface area contributed by atoms with Crippen molar-refractivity contribution in [3.05, 3.63) is 89.5 Å². The minimum absolute atomic E-state index is 0.227. The van der Waals surface area contributed by atoms with Crippen LogP contribution in [0.5, 0.6) is 5.75 Å². The van der Waals surface area contributed by atoms with Gasteiger partial charge in [0.1, 0.15) is 5.75 Å². The van der Waals surface area contributed by atoms with Crippen LogP contribution in [0.15, 0.2) is 77.7 Å². The summed E-state index contributed by atoms with van der Waals surface area (Å²) in [5.74, 6) is 0.823. The van der Waals surface area contributed by atoms with Gasteiger partial charge >= 0.3 is 5.97 Å². The van der Waals surface area contributed by atoms with Crippen molar-refractivity contribution in [2.24, 2.45) is 0 Å². The summed E-state index contributed by atoms with van der Waals surface area (Å²) in [5, 5.41) is 2.86. The maximum absolute atomic E-state index is 12.7. The summed E-state index contributed by atoms with van der Waals surface area (Å²) in [6, 6.07) is 22.1. The van der Waals surface area contributed by atoms with E-state index in [2.05, 4.69) is 22.2 Å². The highest BCUT2D eigenvalue weighted by atomic mass is 32.2. The van der Waals surface area contributed by atoms with Gasteiger partial charge in [0, 0.05) is 27.5 Å². The van der Waals surface area contributed by atoms with E-state index in [1.165, 1.54) is 7.11 Å². The average molecular weight is 422 g/mol. The second-order valence-electron chi connectivity index (χ2n) is 6.38. The molecule has 0 saturated carbocycles. The van der Waals surface area contributed by atoms with Crippen LogP contribution in [-0.4, -0.2) is 25.6 Å². The second-order valence-corrected chi connectivity index (χ2v) is 7.43. The number of hydrogen-bond donors (Lipinski definition) is 1. The van der Waals surface area contributed by atoms with Gasteiger partial charge in [0.25, 0.3) is 5.91 Å². The minimum Gasteiger partial charge on any atom is -0.494 e. The summed E-state index contributed by atoms with van der Waals surface area (Å²) >= 11 is 1.69. The van der Waals surface area contributed by atoms with Crippen LogP contribution in [0, 0.1) is 0 Å². The Morgan fingerprint density at radius 3 is 2.30 bits per heavy atom. The molecular weight excluding hydrogens is 398 g/mol. The summed E-state index contributed by atoms with van der Waals surface area (Å²) < 4.78 is 10.4. The zero-order valence-corrected chi connectivity index (χ0v) is 17.7. The van der Waals surface area contributed by atoms with Crippen LogP contribution in [0.2, 0.25) is 0 Å². The smallest absolute Gasteiger partial charge is 0.337 e. The lowest BCUT2D eigenvalue weighted by Gasteiger charge is -2.13. The number of hydrogen-bond acceptors (Lipinski definition) is 5. The lowest BCUT2D eigenvalue weighted by Crippen LogP contribution is -2.13. The van der Waals surface area contributed by atoms with E-state index in [4.69, 9.17) is 4.74 Å². The lowest BCUT2D eigenvalue weighted by atomic mass is 10.1. The molecule has 0 aromatic heterocycles. The molecule has 0 saturated heterocycles.